The molecule has 3 atom stereocenters. The van der Waals surface area contributed by atoms with Crippen molar-refractivity contribution < 1.29 is 14.0 Å². The van der Waals surface area contributed by atoms with Crippen molar-refractivity contribution in [3.8, 4) is 0 Å². The second-order valence-corrected chi connectivity index (χ2v) is 12.7. The first-order valence-corrected chi connectivity index (χ1v) is 11.6. The zero-order valence-electron chi connectivity index (χ0n) is 15.9. The summed E-state index contributed by atoms with van der Waals surface area (Å²) in [6.45, 7) is 13.5. The summed E-state index contributed by atoms with van der Waals surface area (Å²) >= 11 is 0. The van der Waals surface area contributed by atoms with Gasteiger partial charge in [0.2, 0.25) is 0 Å². The highest BCUT2D eigenvalue weighted by Gasteiger charge is 2.42. The van der Waals surface area contributed by atoms with Gasteiger partial charge in [-0.3, -0.25) is 4.79 Å². The monoisotopic (exact) mass is 338 g/mol. The Morgan fingerprint density at radius 3 is 2.39 bits per heavy atom. The van der Waals surface area contributed by atoms with E-state index in [9.17, 15) is 4.79 Å². The Balaban J connectivity index is 2.86. The molecule has 1 rings (SSSR count). The first kappa shape index (κ1) is 20.2. The minimum atomic E-state index is -1.83. The van der Waals surface area contributed by atoms with Gasteiger partial charge in [0.05, 0.1) is 19.6 Å². The van der Waals surface area contributed by atoms with Gasteiger partial charge >= 0.3 is 5.97 Å². The van der Waals surface area contributed by atoms with Crippen LogP contribution in [0.1, 0.15) is 47.0 Å². The molecule has 0 unspecified atom stereocenters. The molecule has 132 valence electrons. The third-order valence-electron chi connectivity index (χ3n) is 5.20. The number of carbonyl (C=O) groups excluding carboxylic acids is 1. The maximum atomic E-state index is 11.7. The number of rotatable bonds is 7. The van der Waals surface area contributed by atoms with E-state index < -0.39 is 8.32 Å². The van der Waals surface area contributed by atoms with Gasteiger partial charge in [0.1, 0.15) is 0 Å². The normalized spacial score (nSPS) is 25.3. The molecule has 0 bridgehead atoms. The van der Waals surface area contributed by atoms with Crippen molar-refractivity contribution in [1.29, 1.82) is 0 Å². The smallest absolute Gasteiger partial charge is 0.306 e. The van der Waals surface area contributed by atoms with E-state index in [4.69, 9.17) is 9.16 Å². The van der Waals surface area contributed by atoms with Gasteiger partial charge in [0.15, 0.2) is 8.32 Å². The molecule has 0 spiro atoms. The van der Waals surface area contributed by atoms with Crippen LogP contribution in [0.3, 0.4) is 0 Å². The molecular weight excluding hydrogens is 304 g/mol. The number of esters is 1. The van der Waals surface area contributed by atoms with Crippen LogP contribution in [0, 0.1) is 11.8 Å². The van der Waals surface area contributed by atoms with Gasteiger partial charge in [0.25, 0.3) is 0 Å². The van der Waals surface area contributed by atoms with Crippen molar-refractivity contribution in [2.24, 2.45) is 11.8 Å². The Morgan fingerprint density at radius 1 is 1.22 bits per heavy atom. The second-order valence-electron chi connectivity index (χ2n) is 7.95. The standard InChI is InChI=1S/C19H34O3Si/c1-8-9-10-11-16-15(14-18(20)21-5)12-13-17(16)22-23(6,7)19(2,3)4/h9-10,12-13,15-17H,8,11,14H2,1-7H3/b10-9-/t15-,16+,17+/m1/s1. The minimum absolute atomic E-state index is 0.104. The van der Waals surface area contributed by atoms with E-state index in [0.717, 1.165) is 12.8 Å². The lowest BCUT2D eigenvalue weighted by Crippen LogP contribution is -2.45. The van der Waals surface area contributed by atoms with Crippen molar-refractivity contribution in [2.75, 3.05) is 7.11 Å². The van der Waals surface area contributed by atoms with Crippen LogP contribution in [0.4, 0.5) is 0 Å². The molecule has 1 aliphatic carbocycles. The van der Waals surface area contributed by atoms with Gasteiger partial charge in [-0.2, -0.15) is 0 Å². The van der Waals surface area contributed by atoms with E-state index in [0.29, 0.717) is 12.3 Å². The largest absolute Gasteiger partial charge is 0.469 e. The van der Waals surface area contributed by atoms with E-state index in [-0.39, 0.29) is 23.0 Å². The van der Waals surface area contributed by atoms with E-state index in [2.05, 4.69) is 65.1 Å². The molecule has 0 aliphatic heterocycles. The predicted molar refractivity (Wildman–Crippen MR) is 98.9 cm³/mol. The van der Waals surface area contributed by atoms with Gasteiger partial charge in [0, 0.05) is 0 Å². The highest BCUT2D eigenvalue weighted by Crippen LogP contribution is 2.41. The predicted octanol–water partition coefficient (Wildman–Crippen LogP) is 5.10. The highest BCUT2D eigenvalue weighted by molar-refractivity contribution is 6.74. The average molecular weight is 339 g/mol. The Bertz CT molecular complexity index is 446. The van der Waals surface area contributed by atoms with E-state index in [1.165, 1.54) is 7.11 Å². The fourth-order valence-electron chi connectivity index (χ4n) is 2.65. The first-order chi connectivity index (χ1) is 10.6. The van der Waals surface area contributed by atoms with Gasteiger partial charge < -0.3 is 9.16 Å². The summed E-state index contributed by atoms with van der Waals surface area (Å²) in [6, 6.07) is 0. The average Bonchev–Trinajstić information content (AvgIpc) is 2.79. The number of hydrogen-bond donors (Lipinski definition) is 0. The SMILES string of the molecule is CC/C=C\C[C@H]1[C@@H](CC(=O)OC)C=C[C@@H]1O[Si](C)(C)C(C)(C)C. The number of methoxy groups -OCH3 is 1. The second kappa shape index (κ2) is 8.29. The fraction of sp³-hybridized carbons (Fsp3) is 0.737. The summed E-state index contributed by atoms with van der Waals surface area (Å²) in [5, 5.41) is 0.186. The fourth-order valence-corrected chi connectivity index (χ4v) is 3.94. The minimum Gasteiger partial charge on any atom is -0.469 e. The maximum absolute atomic E-state index is 11.7. The zero-order chi connectivity index (χ0) is 17.7. The molecule has 0 saturated carbocycles. The number of carbonyl (C=O) groups is 1. The molecule has 0 fully saturated rings. The van der Waals surface area contributed by atoms with Crippen LogP contribution < -0.4 is 0 Å². The van der Waals surface area contributed by atoms with E-state index >= 15 is 0 Å². The van der Waals surface area contributed by atoms with Crippen molar-refractivity contribution in [3.05, 3.63) is 24.3 Å². The van der Waals surface area contributed by atoms with Crippen LogP contribution in [0.25, 0.3) is 0 Å². The number of allylic oxidation sites excluding steroid dienone is 3. The van der Waals surface area contributed by atoms with Gasteiger partial charge in [-0.1, -0.05) is 52.0 Å². The van der Waals surface area contributed by atoms with Gasteiger partial charge in [-0.25, -0.2) is 0 Å². The lowest BCUT2D eigenvalue weighted by Gasteiger charge is -2.40. The third kappa shape index (κ3) is 5.61. The Hall–Kier alpha value is -0.873. The Kier molecular flexibility index (Phi) is 7.27. The topological polar surface area (TPSA) is 35.5 Å². The van der Waals surface area contributed by atoms with Crippen LogP contribution >= 0.6 is 0 Å². The quantitative estimate of drug-likeness (QED) is 0.368. The van der Waals surface area contributed by atoms with E-state index in [1.54, 1.807) is 0 Å². The highest BCUT2D eigenvalue weighted by atomic mass is 28.4. The summed E-state index contributed by atoms with van der Waals surface area (Å²) in [6.07, 6.45) is 11.3. The van der Waals surface area contributed by atoms with Crippen molar-refractivity contribution >= 4 is 14.3 Å². The molecule has 3 nitrogen and oxygen atoms in total. The summed E-state index contributed by atoms with van der Waals surface area (Å²) in [7, 11) is -0.374. The summed E-state index contributed by atoms with van der Waals surface area (Å²) in [5.41, 5.74) is 0. The molecule has 0 radical (unpaired) electrons. The Labute approximate surface area is 143 Å². The Morgan fingerprint density at radius 2 is 1.87 bits per heavy atom. The summed E-state index contributed by atoms with van der Waals surface area (Å²) in [5.74, 6) is 0.391. The molecule has 0 N–H and O–H groups in total. The van der Waals surface area contributed by atoms with Crippen LogP contribution in [-0.4, -0.2) is 27.5 Å². The van der Waals surface area contributed by atoms with Crippen LogP contribution in [-0.2, 0) is 14.0 Å². The summed E-state index contributed by atoms with van der Waals surface area (Å²) < 4.78 is 11.5. The molecule has 0 amide bonds. The zero-order valence-corrected chi connectivity index (χ0v) is 16.9. The van der Waals surface area contributed by atoms with E-state index in [1.807, 2.05) is 0 Å². The molecule has 0 aromatic rings. The van der Waals surface area contributed by atoms with Gasteiger partial charge in [-0.05, 0) is 42.8 Å². The molecule has 0 saturated heterocycles. The number of hydrogen-bond acceptors (Lipinski definition) is 3. The molecule has 23 heavy (non-hydrogen) atoms. The maximum Gasteiger partial charge on any atom is 0.306 e. The number of ether oxygens (including phenoxy) is 1. The lowest BCUT2D eigenvalue weighted by molar-refractivity contribution is -0.141. The summed E-state index contributed by atoms with van der Waals surface area (Å²) in [4.78, 5) is 11.7. The van der Waals surface area contributed by atoms with Crippen LogP contribution in [0.5, 0.6) is 0 Å². The molecule has 1 aliphatic rings. The lowest BCUT2D eigenvalue weighted by atomic mass is 9.88. The molecular formula is C19H34O3Si. The molecule has 0 aromatic heterocycles. The van der Waals surface area contributed by atoms with Crippen LogP contribution in [0.15, 0.2) is 24.3 Å². The van der Waals surface area contributed by atoms with Crippen LogP contribution in [0.2, 0.25) is 18.1 Å². The first-order valence-electron chi connectivity index (χ1n) is 8.70. The van der Waals surface area contributed by atoms with Crippen molar-refractivity contribution in [3.63, 3.8) is 0 Å². The van der Waals surface area contributed by atoms with Crippen molar-refractivity contribution in [2.45, 2.75) is 71.2 Å². The van der Waals surface area contributed by atoms with Crippen molar-refractivity contribution in [1.82, 2.24) is 0 Å². The third-order valence-corrected chi connectivity index (χ3v) is 9.67. The van der Waals surface area contributed by atoms with Gasteiger partial charge in [-0.15, -0.1) is 0 Å². The molecule has 0 heterocycles. The molecule has 0 aromatic carbocycles. The molecule has 4 heteroatoms.